The molecule has 7 heteroatoms. The number of carbonyl (C=O) groups excluding carboxylic acids is 1. The van der Waals surface area contributed by atoms with E-state index in [1.54, 1.807) is 6.20 Å². The Morgan fingerprint density at radius 2 is 1.74 bits per heavy atom. The van der Waals surface area contributed by atoms with Gasteiger partial charge >= 0.3 is 6.09 Å². The second kappa shape index (κ2) is 6.79. The molecule has 2 aromatic heterocycles. The van der Waals surface area contributed by atoms with Crippen molar-refractivity contribution in [2.24, 2.45) is 11.8 Å². The molecular weight excluding hydrogens is 342 g/mol. The van der Waals surface area contributed by atoms with Crippen LogP contribution in [0.1, 0.15) is 20.8 Å². The van der Waals surface area contributed by atoms with Gasteiger partial charge in [0, 0.05) is 44.2 Å². The molecule has 2 aromatic rings. The summed E-state index contributed by atoms with van der Waals surface area (Å²) in [6.07, 6.45) is 1.55. The number of rotatable bonds is 2. The number of hydrogen-bond donors (Lipinski definition) is 0. The number of carbonyl (C=O) groups is 1. The van der Waals surface area contributed by atoms with E-state index < -0.39 is 5.60 Å². The summed E-state index contributed by atoms with van der Waals surface area (Å²) in [5.74, 6) is 1.79. The van der Waals surface area contributed by atoms with Crippen LogP contribution in [0.25, 0.3) is 11.4 Å². The highest BCUT2D eigenvalue weighted by Gasteiger charge is 2.43. The molecule has 0 bridgehead atoms. The molecule has 0 saturated carbocycles. The highest BCUT2D eigenvalue weighted by atomic mass is 16.6. The van der Waals surface area contributed by atoms with Crippen LogP contribution in [-0.4, -0.2) is 58.0 Å². The lowest BCUT2D eigenvalue weighted by Gasteiger charge is -2.26. The van der Waals surface area contributed by atoms with Crippen molar-refractivity contribution in [2.75, 3.05) is 31.1 Å². The Bertz CT molecular complexity index is 789. The van der Waals surface area contributed by atoms with E-state index >= 15 is 0 Å². The van der Waals surface area contributed by atoms with E-state index in [9.17, 15) is 4.79 Å². The molecule has 4 heterocycles. The predicted molar refractivity (Wildman–Crippen MR) is 102 cm³/mol. The molecule has 1 amide bonds. The second-order valence-corrected chi connectivity index (χ2v) is 8.30. The predicted octanol–water partition coefficient (Wildman–Crippen LogP) is 2.84. The molecule has 2 saturated heterocycles. The van der Waals surface area contributed by atoms with Crippen molar-refractivity contribution in [1.82, 2.24) is 20.1 Å². The number of likely N-dealkylation sites (tertiary alicyclic amines) is 1. The van der Waals surface area contributed by atoms with Crippen LogP contribution in [0.15, 0.2) is 36.5 Å². The molecular formula is C20H25N5O2. The van der Waals surface area contributed by atoms with Gasteiger partial charge in [-0.05, 0) is 45.0 Å². The van der Waals surface area contributed by atoms with Crippen molar-refractivity contribution in [1.29, 1.82) is 0 Å². The molecule has 0 radical (unpaired) electrons. The summed E-state index contributed by atoms with van der Waals surface area (Å²) in [4.78, 5) is 20.7. The molecule has 2 aliphatic rings. The minimum absolute atomic E-state index is 0.206. The Hall–Kier alpha value is -2.70. The highest BCUT2D eigenvalue weighted by Crippen LogP contribution is 2.34. The molecule has 142 valence electrons. The summed E-state index contributed by atoms with van der Waals surface area (Å²) in [6.45, 7) is 8.97. The SMILES string of the molecule is CC(C)(C)OC(=O)N1C[C@@H]2CN(c3ccc(-c4ccccn4)nn3)C[C@@H]2C1. The monoisotopic (exact) mass is 367 g/mol. The molecule has 2 fully saturated rings. The summed E-state index contributed by atoms with van der Waals surface area (Å²) < 4.78 is 5.50. The number of amides is 1. The van der Waals surface area contributed by atoms with Crippen LogP contribution in [0, 0.1) is 11.8 Å². The third-order valence-corrected chi connectivity index (χ3v) is 5.04. The molecule has 0 N–H and O–H groups in total. The Morgan fingerprint density at radius 3 is 2.30 bits per heavy atom. The summed E-state index contributed by atoms with van der Waals surface area (Å²) >= 11 is 0. The van der Waals surface area contributed by atoms with Crippen LogP contribution in [0.2, 0.25) is 0 Å². The number of ether oxygens (including phenoxy) is 1. The number of aromatic nitrogens is 3. The average molecular weight is 367 g/mol. The zero-order valence-electron chi connectivity index (χ0n) is 16.0. The van der Waals surface area contributed by atoms with Gasteiger partial charge in [0.25, 0.3) is 0 Å². The normalized spacial score (nSPS) is 22.0. The van der Waals surface area contributed by atoms with E-state index in [2.05, 4.69) is 20.1 Å². The van der Waals surface area contributed by atoms with Gasteiger partial charge in [-0.2, -0.15) is 0 Å². The maximum atomic E-state index is 12.3. The van der Waals surface area contributed by atoms with Gasteiger partial charge < -0.3 is 14.5 Å². The average Bonchev–Trinajstić information content (AvgIpc) is 3.20. The van der Waals surface area contributed by atoms with Crippen molar-refractivity contribution in [3.63, 3.8) is 0 Å². The van der Waals surface area contributed by atoms with Gasteiger partial charge in [0.1, 0.15) is 11.3 Å². The number of anilines is 1. The van der Waals surface area contributed by atoms with Crippen LogP contribution in [0.3, 0.4) is 0 Å². The summed E-state index contributed by atoms with van der Waals surface area (Å²) in [5.41, 5.74) is 1.14. The van der Waals surface area contributed by atoms with Crippen LogP contribution >= 0.6 is 0 Å². The van der Waals surface area contributed by atoms with Gasteiger partial charge in [-0.15, -0.1) is 10.2 Å². The Labute approximate surface area is 159 Å². The zero-order valence-corrected chi connectivity index (χ0v) is 16.0. The zero-order chi connectivity index (χ0) is 19.0. The summed E-state index contributed by atoms with van der Waals surface area (Å²) in [5, 5.41) is 8.73. The van der Waals surface area contributed by atoms with Gasteiger partial charge in [-0.1, -0.05) is 6.07 Å². The Morgan fingerprint density at radius 1 is 1.00 bits per heavy atom. The number of hydrogen-bond acceptors (Lipinski definition) is 6. The fourth-order valence-electron chi connectivity index (χ4n) is 3.80. The van der Waals surface area contributed by atoms with Gasteiger partial charge in [-0.3, -0.25) is 4.98 Å². The smallest absolute Gasteiger partial charge is 0.410 e. The van der Waals surface area contributed by atoms with E-state index in [0.717, 1.165) is 43.4 Å². The second-order valence-electron chi connectivity index (χ2n) is 8.30. The first kappa shape index (κ1) is 17.7. The standard InChI is InChI=1S/C20H25N5O2/c1-20(2,3)27-19(26)25-12-14-10-24(11-15(14)13-25)18-8-7-17(22-23-18)16-6-4-5-9-21-16/h4-9,14-15H,10-13H2,1-3H3/t14-,15+. The molecule has 0 aromatic carbocycles. The van der Waals surface area contributed by atoms with E-state index in [4.69, 9.17) is 4.74 Å². The summed E-state index contributed by atoms with van der Waals surface area (Å²) in [7, 11) is 0. The minimum Gasteiger partial charge on any atom is -0.444 e. The van der Waals surface area contributed by atoms with Crippen molar-refractivity contribution in [2.45, 2.75) is 26.4 Å². The minimum atomic E-state index is -0.453. The third kappa shape index (κ3) is 3.86. The van der Waals surface area contributed by atoms with Crippen LogP contribution < -0.4 is 4.90 Å². The quantitative estimate of drug-likeness (QED) is 0.813. The van der Waals surface area contributed by atoms with Crippen molar-refractivity contribution in [3.8, 4) is 11.4 Å². The molecule has 0 aliphatic carbocycles. The van der Waals surface area contributed by atoms with Gasteiger partial charge in [0.2, 0.25) is 0 Å². The third-order valence-electron chi connectivity index (χ3n) is 5.04. The first-order valence-electron chi connectivity index (χ1n) is 9.37. The highest BCUT2D eigenvalue weighted by molar-refractivity contribution is 5.68. The summed E-state index contributed by atoms with van der Waals surface area (Å²) in [6, 6.07) is 9.72. The molecule has 27 heavy (non-hydrogen) atoms. The van der Waals surface area contributed by atoms with Gasteiger partial charge in [-0.25, -0.2) is 4.79 Å². The molecule has 0 spiro atoms. The van der Waals surface area contributed by atoms with Crippen LogP contribution in [-0.2, 0) is 4.74 Å². The van der Waals surface area contributed by atoms with Crippen molar-refractivity contribution >= 4 is 11.9 Å². The fraction of sp³-hybridized carbons (Fsp3) is 0.500. The first-order chi connectivity index (χ1) is 12.9. The lowest BCUT2D eigenvalue weighted by atomic mass is 10.0. The Kier molecular flexibility index (Phi) is 4.45. The lowest BCUT2D eigenvalue weighted by molar-refractivity contribution is 0.0282. The first-order valence-corrected chi connectivity index (χ1v) is 9.37. The van der Waals surface area contributed by atoms with Crippen LogP contribution in [0.5, 0.6) is 0 Å². The van der Waals surface area contributed by atoms with E-state index in [1.165, 1.54) is 0 Å². The van der Waals surface area contributed by atoms with Crippen molar-refractivity contribution in [3.05, 3.63) is 36.5 Å². The maximum absolute atomic E-state index is 12.3. The lowest BCUT2D eigenvalue weighted by Crippen LogP contribution is -2.37. The van der Waals surface area contributed by atoms with Gasteiger partial charge in [0.05, 0.1) is 5.69 Å². The van der Waals surface area contributed by atoms with Crippen molar-refractivity contribution < 1.29 is 9.53 Å². The van der Waals surface area contributed by atoms with E-state index in [-0.39, 0.29) is 6.09 Å². The fourth-order valence-corrected chi connectivity index (χ4v) is 3.80. The molecule has 7 nitrogen and oxygen atoms in total. The topological polar surface area (TPSA) is 71.5 Å². The number of pyridine rings is 1. The largest absolute Gasteiger partial charge is 0.444 e. The molecule has 2 aliphatic heterocycles. The Balaban J connectivity index is 1.37. The number of fused-ring (bicyclic) bond motifs is 1. The van der Waals surface area contributed by atoms with E-state index in [1.807, 2.05) is 56.0 Å². The number of nitrogens with zero attached hydrogens (tertiary/aromatic N) is 5. The van der Waals surface area contributed by atoms with E-state index in [0.29, 0.717) is 11.8 Å². The maximum Gasteiger partial charge on any atom is 0.410 e. The molecule has 0 unspecified atom stereocenters. The molecule has 2 atom stereocenters. The molecule has 4 rings (SSSR count). The van der Waals surface area contributed by atoms with Crippen LogP contribution in [0.4, 0.5) is 10.6 Å². The van der Waals surface area contributed by atoms with Gasteiger partial charge in [0.15, 0.2) is 5.82 Å².